The van der Waals surface area contributed by atoms with Crippen LogP contribution in [0.1, 0.15) is 36.7 Å². The molecule has 2 heterocycles. The summed E-state index contributed by atoms with van der Waals surface area (Å²) in [6.45, 7) is 4.08. The van der Waals surface area contributed by atoms with Crippen molar-refractivity contribution in [2.75, 3.05) is 11.1 Å². The smallest absolute Gasteiger partial charge is 0.234 e. The molecule has 134 valence electrons. The van der Waals surface area contributed by atoms with Crippen LogP contribution in [-0.4, -0.2) is 31.8 Å². The molecule has 0 aliphatic carbocycles. The van der Waals surface area contributed by atoms with Gasteiger partial charge in [0.05, 0.1) is 5.75 Å². The molecule has 0 aliphatic rings. The van der Waals surface area contributed by atoms with Crippen LogP contribution >= 0.6 is 11.8 Å². The van der Waals surface area contributed by atoms with E-state index in [2.05, 4.69) is 25.5 Å². The van der Waals surface area contributed by atoms with E-state index in [9.17, 15) is 4.79 Å². The third-order valence-electron chi connectivity index (χ3n) is 3.76. The quantitative estimate of drug-likeness (QED) is 0.623. The summed E-state index contributed by atoms with van der Waals surface area (Å²) in [6, 6.07) is 11.9. The molecular weight excluding hydrogens is 346 g/mol. The van der Waals surface area contributed by atoms with Gasteiger partial charge in [0.1, 0.15) is 5.82 Å². The molecule has 0 bridgehead atoms. The summed E-state index contributed by atoms with van der Waals surface area (Å²) in [4.78, 5) is 20.5. The maximum Gasteiger partial charge on any atom is 0.234 e. The minimum atomic E-state index is -0.0761. The zero-order chi connectivity index (χ0) is 18.4. The molecule has 26 heavy (non-hydrogen) atoms. The highest BCUT2D eigenvalue weighted by Gasteiger charge is 2.10. The van der Waals surface area contributed by atoms with Gasteiger partial charge in [0, 0.05) is 24.0 Å². The molecule has 3 rings (SSSR count). The number of nitrogens with zero attached hydrogens (tertiary/aromatic N) is 3. The van der Waals surface area contributed by atoms with E-state index in [4.69, 9.17) is 0 Å². The minimum absolute atomic E-state index is 0.0761. The summed E-state index contributed by atoms with van der Waals surface area (Å²) in [5.74, 6) is 1.32. The Morgan fingerprint density at radius 3 is 2.46 bits per heavy atom. The number of carbonyl (C=O) groups excluding carboxylic acids is 1. The number of carbonyl (C=O) groups is 1. The maximum absolute atomic E-state index is 12.1. The van der Waals surface area contributed by atoms with Gasteiger partial charge >= 0.3 is 0 Å². The Labute approximate surface area is 156 Å². The van der Waals surface area contributed by atoms with Crippen LogP contribution in [0.25, 0.3) is 0 Å². The molecule has 3 aromatic rings. The number of nitrogens with one attached hydrogen (secondary N) is 2. The van der Waals surface area contributed by atoms with E-state index in [0.717, 1.165) is 17.9 Å². The van der Waals surface area contributed by atoms with Crippen LogP contribution in [0.2, 0.25) is 0 Å². The lowest BCUT2D eigenvalue weighted by atomic mass is 10.1. The maximum atomic E-state index is 12.1. The number of H-pyrrole nitrogens is 1. The normalized spacial score (nSPS) is 10.9. The molecule has 0 saturated heterocycles. The molecule has 0 saturated carbocycles. The molecule has 0 radical (unpaired) electrons. The lowest BCUT2D eigenvalue weighted by Gasteiger charge is -2.06. The molecule has 0 spiro atoms. The predicted molar refractivity (Wildman–Crippen MR) is 103 cm³/mol. The van der Waals surface area contributed by atoms with Crippen molar-refractivity contribution in [3.05, 3.63) is 65.7 Å². The second kappa shape index (κ2) is 8.62. The van der Waals surface area contributed by atoms with E-state index >= 15 is 0 Å². The Kier molecular flexibility index (Phi) is 6.01. The Hall–Kier alpha value is -2.67. The molecule has 1 amide bonds. The van der Waals surface area contributed by atoms with Gasteiger partial charge < -0.3 is 5.32 Å². The zero-order valence-electron chi connectivity index (χ0n) is 14.8. The van der Waals surface area contributed by atoms with Gasteiger partial charge in [0.25, 0.3) is 0 Å². The van der Waals surface area contributed by atoms with E-state index in [1.165, 1.54) is 22.9 Å². The Morgan fingerprint density at radius 2 is 1.81 bits per heavy atom. The summed E-state index contributed by atoms with van der Waals surface area (Å²) in [5.41, 5.74) is 3.18. The Bertz CT molecular complexity index is 846. The van der Waals surface area contributed by atoms with Gasteiger partial charge in [-0.1, -0.05) is 37.7 Å². The van der Waals surface area contributed by atoms with Gasteiger partial charge in [0.2, 0.25) is 11.1 Å². The van der Waals surface area contributed by atoms with Gasteiger partial charge in [-0.15, -0.1) is 5.10 Å². The van der Waals surface area contributed by atoms with Gasteiger partial charge in [-0.2, -0.15) is 0 Å². The first-order valence-electron chi connectivity index (χ1n) is 8.43. The number of benzene rings is 1. The molecule has 2 aromatic heterocycles. The van der Waals surface area contributed by atoms with E-state index in [1.807, 2.05) is 50.2 Å². The standard InChI is InChI=1S/C19H21N5OS/c1-13(2)18-22-19(24-23-18)26-12-17(25)21-16-5-3-14(4-6-16)11-15-7-9-20-10-8-15/h3-10,13H,11-12H2,1-2H3,(H,21,25)(H,22,23,24). The number of thioether (sulfide) groups is 1. The van der Waals surface area contributed by atoms with Crippen molar-refractivity contribution >= 4 is 23.4 Å². The monoisotopic (exact) mass is 367 g/mol. The molecule has 0 fully saturated rings. The number of anilines is 1. The van der Waals surface area contributed by atoms with Crippen molar-refractivity contribution in [3.63, 3.8) is 0 Å². The summed E-state index contributed by atoms with van der Waals surface area (Å²) < 4.78 is 0. The predicted octanol–water partition coefficient (Wildman–Crippen LogP) is 3.64. The highest BCUT2D eigenvalue weighted by atomic mass is 32.2. The topological polar surface area (TPSA) is 83.6 Å². The lowest BCUT2D eigenvalue weighted by Crippen LogP contribution is -2.14. The zero-order valence-corrected chi connectivity index (χ0v) is 15.6. The Morgan fingerprint density at radius 1 is 1.12 bits per heavy atom. The summed E-state index contributed by atoms with van der Waals surface area (Å²) in [6.07, 6.45) is 4.43. The molecule has 1 aromatic carbocycles. The van der Waals surface area contributed by atoms with Crippen LogP contribution in [0.4, 0.5) is 5.69 Å². The fraction of sp³-hybridized carbons (Fsp3) is 0.263. The molecule has 0 atom stereocenters. The molecule has 2 N–H and O–H groups in total. The number of rotatable bonds is 7. The van der Waals surface area contributed by atoms with E-state index in [-0.39, 0.29) is 17.6 Å². The molecule has 6 nitrogen and oxygen atoms in total. The molecular formula is C19H21N5OS. The summed E-state index contributed by atoms with van der Waals surface area (Å²) in [7, 11) is 0. The van der Waals surface area contributed by atoms with E-state index in [1.54, 1.807) is 12.4 Å². The van der Waals surface area contributed by atoms with E-state index in [0.29, 0.717) is 5.16 Å². The molecule has 7 heteroatoms. The van der Waals surface area contributed by atoms with Crippen molar-refractivity contribution in [3.8, 4) is 0 Å². The van der Waals surface area contributed by atoms with Gasteiger partial charge in [-0.05, 0) is 41.8 Å². The van der Waals surface area contributed by atoms with Gasteiger partial charge in [0.15, 0.2) is 0 Å². The second-order valence-electron chi connectivity index (χ2n) is 6.22. The highest BCUT2D eigenvalue weighted by Crippen LogP contribution is 2.17. The van der Waals surface area contributed by atoms with Crippen molar-refractivity contribution in [2.24, 2.45) is 0 Å². The Balaban J connectivity index is 1.49. The second-order valence-corrected chi connectivity index (χ2v) is 7.17. The minimum Gasteiger partial charge on any atom is -0.325 e. The number of aromatic amines is 1. The number of aromatic nitrogens is 4. The first kappa shape index (κ1) is 18.1. The molecule has 0 aliphatic heterocycles. The molecule has 0 unspecified atom stereocenters. The average molecular weight is 367 g/mol. The van der Waals surface area contributed by atoms with Crippen LogP contribution < -0.4 is 5.32 Å². The third kappa shape index (κ3) is 5.16. The van der Waals surface area contributed by atoms with Crippen LogP contribution in [-0.2, 0) is 11.2 Å². The van der Waals surface area contributed by atoms with Crippen molar-refractivity contribution in [1.29, 1.82) is 0 Å². The first-order chi connectivity index (χ1) is 12.6. The van der Waals surface area contributed by atoms with Crippen LogP contribution in [0.3, 0.4) is 0 Å². The SMILES string of the molecule is CC(C)c1nc(SCC(=O)Nc2ccc(Cc3ccncc3)cc2)n[nH]1. The van der Waals surface area contributed by atoms with Crippen LogP contribution in [0.5, 0.6) is 0 Å². The van der Waals surface area contributed by atoms with Crippen molar-refractivity contribution in [2.45, 2.75) is 31.3 Å². The fourth-order valence-electron chi connectivity index (χ4n) is 2.35. The fourth-order valence-corrected chi connectivity index (χ4v) is 2.96. The summed E-state index contributed by atoms with van der Waals surface area (Å²) >= 11 is 1.32. The number of pyridine rings is 1. The van der Waals surface area contributed by atoms with E-state index < -0.39 is 0 Å². The number of hydrogen-bond donors (Lipinski definition) is 2. The number of hydrogen-bond acceptors (Lipinski definition) is 5. The van der Waals surface area contributed by atoms with Crippen LogP contribution in [0.15, 0.2) is 53.9 Å². The largest absolute Gasteiger partial charge is 0.325 e. The van der Waals surface area contributed by atoms with Crippen molar-refractivity contribution in [1.82, 2.24) is 20.2 Å². The highest BCUT2D eigenvalue weighted by molar-refractivity contribution is 7.99. The summed E-state index contributed by atoms with van der Waals surface area (Å²) in [5, 5.41) is 10.5. The van der Waals surface area contributed by atoms with Crippen LogP contribution in [0, 0.1) is 0 Å². The lowest BCUT2D eigenvalue weighted by molar-refractivity contribution is -0.113. The van der Waals surface area contributed by atoms with Gasteiger partial charge in [-0.25, -0.2) is 4.98 Å². The first-order valence-corrected chi connectivity index (χ1v) is 9.41. The van der Waals surface area contributed by atoms with Crippen molar-refractivity contribution < 1.29 is 4.79 Å². The van der Waals surface area contributed by atoms with Gasteiger partial charge in [-0.3, -0.25) is 14.9 Å². The average Bonchev–Trinajstić information content (AvgIpc) is 3.12. The number of amides is 1. The third-order valence-corrected chi connectivity index (χ3v) is 4.60.